The van der Waals surface area contributed by atoms with Crippen molar-refractivity contribution in [3.8, 4) is 0 Å². The fraction of sp³-hybridized carbons (Fsp3) is 0.923. The molecule has 104 valence electrons. The molecule has 0 atom stereocenters. The molecule has 2 aliphatic heterocycles. The lowest BCUT2D eigenvalue weighted by Gasteiger charge is -2.24. The maximum Gasteiger partial charge on any atom is 0.246 e. The van der Waals surface area contributed by atoms with Crippen LogP contribution in [0.4, 0.5) is 0 Å². The van der Waals surface area contributed by atoms with Crippen LogP contribution in [0.5, 0.6) is 0 Å². The van der Waals surface area contributed by atoms with Gasteiger partial charge in [-0.15, -0.1) is 0 Å². The highest BCUT2D eigenvalue weighted by molar-refractivity contribution is 5.77. The number of carbonyl (C=O) groups is 1. The summed E-state index contributed by atoms with van der Waals surface area (Å²) in [5, 5.41) is 6.23. The van der Waals surface area contributed by atoms with Crippen LogP contribution < -0.4 is 10.6 Å². The number of amides is 1. The van der Waals surface area contributed by atoms with Crippen LogP contribution in [-0.4, -0.2) is 51.5 Å². The first-order valence-corrected chi connectivity index (χ1v) is 7.01. The lowest BCUT2D eigenvalue weighted by Crippen LogP contribution is -2.37. The molecule has 0 saturated carbocycles. The van der Waals surface area contributed by atoms with Crippen molar-refractivity contribution in [2.75, 3.05) is 39.5 Å². The molecule has 0 radical (unpaired) electrons. The van der Waals surface area contributed by atoms with Gasteiger partial charge in [0.2, 0.25) is 5.91 Å². The van der Waals surface area contributed by atoms with Gasteiger partial charge in [-0.25, -0.2) is 0 Å². The Balaban J connectivity index is 1.54. The normalized spacial score (nSPS) is 22.9. The number of piperidine rings is 1. The Kier molecular flexibility index (Phi) is 5.90. The third-order valence-electron chi connectivity index (χ3n) is 3.67. The van der Waals surface area contributed by atoms with Crippen LogP contribution in [0.15, 0.2) is 0 Å². The Morgan fingerprint density at radius 2 is 1.94 bits per heavy atom. The summed E-state index contributed by atoms with van der Waals surface area (Å²) in [4.78, 5) is 11.6. The summed E-state index contributed by atoms with van der Waals surface area (Å²) in [6, 6.07) is 0. The van der Waals surface area contributed by atoms with Crippen LogP contribution in [-0.2, 0) is 14.3 Å². The van der Waals surface area contributed by atoms with Gasteiger partial charge in [-0.3, -0.25) is 4.79 Å². The fourth-order valence-corrected chi connectivity index (χ4v) is 2.42. The molecule has 0 spiro atoms. The first-order valence-electron chi connectivity index (χ1n) is 7.01. The molecule has 2 fully saturated rings. The Labute approximate surface area is 109 Å². The van der Waals surface area contributed by atoms with Gasteiger partial charge in [0, 0.05) is 19.8 Å². The number of hydrogen-bond acceptors (Lipinski definition) is 4. The third kappa shape index (κ3) is 4.92. The quantitative estimate of drug-likeness (QED) is 0.742. The average Bonchev–Trinajstić information content (AvgIpc) is 2.45. The van der Waals surface area contributed by atoms with Gasteiger partial charge < -0.3 is 20.1 Å². The van der Waals surface area contributed by atoms with Crippen LogP contribution in [0, 0.1) is 5.92 Å². The zero-order valence-electron chi connectivity index (χ0n) is 11.0. The zero-order chi connectivity index (χ0) is 12.6. The first kappa shape index (κ1) is 13.8. The summed E-state index contributed by atoms with van der Waals surface area (Å²) in [6.45, 7) is 4.60. The summed E-state index contributed by atoms with van der Waals surface area (Å²) >= 11 is 0. The summed E-state index contributed by atoms with van der Waals surface area (Å²) in [5.41, 5.74) is 0. The van der Waals surface area contributed by atoms with Crippen LogP contribution in [0.25, 0.3) is 0 Å². The molecular formula is C13H24N2O3. The highest BCUT2D eigenvalue weighted by atomic mass is 16.5. The maximum absolute atomic E-state index is 11.6. The highest BCUT2D eigenvalue weighted by Crippen LogP contribution is 2.13. The van der Waals surface area contributed by atoms with E-state index in [1.807, 2.05) is 0 Å². The van der Waals surface area contributed by atoms with Crippen LogP contribution >= 0.6 is 0 Å². The smallest absolute Gasteiger partial charge is 0.246 e. The van der Waals surface area contributed by atoms with Gasteiger partial charge in [0.25, 0.3) is 0 Å². The van der Waals surface area contributed by atoms with Crippen LogP contribution in [0.1, 0.15) is 25.7 Å². The van der Waals surface area contributed by atoms with Gasteiger partial charge in [0.1, 0.15) is 6.61 Å². The molecule has 2 N–H and O–H groups in total. The summed E-state index contributed by atoms with van der Waals surface area (Å²) < 4.78 is 10.9. The van der Waals surface area contributed by atoms with E-state index in [0.29, 0.717) is 5.92 Å². The van der Waals surface area contributed by atoms with Crippen molar-refractivity contribution in [2.45, 2.75) is 31.8 Å². The van der Waals surface area contributed by atoms with Crippen LogP contribution in [0.2, 0.25) is 0 Å². The standard InChI is InChI=1S/C13H24N2O3/c16-13(10-18-12-1-5-14-6-2-12)15-9-11-3-7-17-8-4-11/h11-12,14H,1-10H2,(H,15,16). The number of rotatable bonds is 5. The van der Waals surface area contributed by atoms with E-state index in [1.165, 1.54) is 0 Å². The summed E-state index contributed by atoms with van der Waals surface area (Å²) in [7, 11) is 0. The Morgan fingerprint density at radius 1 is 1.22 bits per heavy atom. The average molecular weight is 256 g/mol. The van der Waals surface area contributed by atoms with E-state index in [9.17, 15) is 4.79 Å². The van der Waals surface area contributed by atoms with E-state index >= 15 is 0 Å². The van der Waals surface area contributed by atoms with Crippen molar-refractivity contribution in [3.05, 3.63) is 0 Å². The van der Waals surface area contributed by atoms with Crippen LogP contribution in [0.3, 0.4) is 0 Å². The number of ether oxygens (including phenoxy) is 2. The molecule has 2 saturated heterocycles. The Bertz CT molecular complexity index is 225. The second-order valence-corrected chi connectivity index (χ2v) is 5.12. The van der Waals surface area contributed by atoms with E-state index in [1.54, 1.807) is 0 Å². The molecule has 5 heteroatoms. The minimum Gasteiger partial charge on any atom is -0.381 e. The van der Waals surface area contributed by atoms with Gasteiger partial charge in [0.05, 0.1) is 6.10 Å². The molecule has 2 rings (SSSR count). The monoisotopic (exact) mass is 256 g/mol. The number of carbonyl (C=O) groups excluding carboxylic acids is 1. The first-order chi connectivity index (χ1) is 8.84. The van der Waals surface area contributed by atoms with Crippen molar-refractivity contribution in [1.29, 1.82) is 0 Å². The zero-order valence-corrected chi connectivity index (χ0v) is 11.0. The molecule has 2 heterocycles. The van der Waals surface area contributed by atoms with Gasteiger partial charge in [-0.2, -0.15) is 0 Å². The van der Waals surface area contributed by atoms with Gasteiger partial charge in [-0.05, 0) is 44.7 Å². The fourth-order valence-electron chi connectivity index (χ4n) is 2.42. The lowest BCUT2D eigenvalue weighted by molar-refractivity contribution is -0.128. The van der Waals surface area contributed by atoms with E-state index in [0.717, 1.165) is 58.5 Å². The van der Waals surface area contributed by atoms with E-state index < -0.39 is 0 Å². The second-order valence-electron chi connectivity index (χ2n) is 5.12. The molecule has 5 nitrogen and oxygen atoms in total. The van der Waals surface area contributed by atoms with E-state index in [-0.39, 0.29) is 18.6 Å². The molecule has 1 amide bonds. The van der Waals surface area contributed by atoms with Gasteiger partial charge >= 0.3 is 0 Å². The Hall–Kier alpha value is -0.650. The summed E-state index contributed by atoms with van der Waals surface area (Å²) in [5.74, 6) is 0.585. The summed E-state index contributed by atoms with van der Waals surface area (Å²) in [6.07, 6.45) is 4.37. The molecule has 0 aromatic carbocycles. The van der Waals surface area contributed by atoms with Crippen molar-refractivity contribution in [1.82, 2.24) is 10.6 Å². The molecule has 0 unspecified atom stereocenters. The second kappa shape index (κ2) is 7.71. The molecule has 0 aromatic heterocycles. The topological polar surface area (TPSA) is 59.6 Å². The molecule has 0 aromatic rings. The minimum absolute atomic E-state index is 0.0139. The largest absolute Gasteiger partial charge is 0.381 e. The van der Waals surface area contributed by atoms with Gasteiger partial charge in [-0.1, -0.05) is 0 Å². The number of nitrogens with one attached hydrogen (secondary N) is 2. The molecular weight excluding hydrogens is 232 g/mol. The molecule has 2 aliphatic rings. The molecule has 18 heavy (non-hydrogen) atoms. The van der Waals surface area contributed by atoms with E-state index in [4.69, 9.17) is 9.47 Å². The predicted molar refractivity (Wildman–Crippen MR) is 68.4 cm³/mol. The lowest BCUT2D eigenvalue weighted by atomic mass is 10.0. The van der Waals surface area contributed by atoms with E-state index in [2.05, 4.69) is 10.6 Å². The third-order valence-corrected chi connectivity index (χ3v) is 3.67. The highest BCUT2D eigenvalue weighted by Gasteiger charge is 2.17. The van der Waals surface area contributed by atoms with Crippen molar-refractivity contribution < 1.29 is 14.3 Å². The maximum atomic E-state index is 11.6. The molecule has 0 aliphatic carbocycles. The molecule has 0 bridgehead atoms. The van der Waals surface area contributed by atoms with Crippen molar-refractivity contribution in [2.24, 2.45) is 5.92 Å². The van der Waals surface area contributed by atoms with Gasteiger partial charge in [0.15, 0.2) is 0 Å². The SMILES string of the molecule is O=C(COC1CCNCC1)NCC1CCOCC1. The van der Waals surface area contributed by atoms with Crippen molar-refractivity contribution in [3.63, 3.8) is 0 Å². The minimum atomic E-state index is 0.0139. The Morgan fingerprint density at radius 3 is 2.67 bits per heavy atom. The predicted octanol–water partition coefficient (Wildman–Crippen LogP) is 0.298. The number of hydrogen-bond donors (Lipinski definition) is 2. The van der Waals surface area contributed by atoms with Crippen molar-refractivity contribution >= 4 is 5.91 Å².